The van der Waals surface area contributed by atoms with Crippen molar-refractivity contribution < 1.29 is 20.1 Å². The number of piperidine rings is 1. The van der Waals surface area contributed by atoms with Crippen molar-refractivity contribution in [2.75, 3.05) is 20.2 Å². The zero-order valence-corrected chi connectivity index (χ0v) is 19.4. The van der Waals surface area contributed by atoms with Crippen LogP contribution in [0.4, 0.5) is 0 Å². The van der Waals surface area contributed by atoms with Gasteiger partial charge in [-0.05, 0) is 75.2 Å². The van der Waals surface area contributed by atoms with Crippen LogP contribution in [0.3, 0.4) is 0 Å². The number of aliphatic hydroxyl groups is 2. The maximum Gasteiger partial charge on any atom is 0.165 e. The number of ether oxygens (including phenoxy) is 1. The number of aromatic hydroxyl groups is 1. The summed E-state index contributed by atoms with van der Waals surface area (Å²) in [4.78, 5) is 2.47. The molecule has 4 unspecified atom stereocenters. The molecule has 176 valence electrons. The second-order valence-corrected chi connectivity index (χ2v) is 11.0. The van der Waals surface area contributed by atoms with E-state index in [4.69, 9.17) is 4.74 Å². The Balaban J connectivity index is 1.32. The average molecular weight is 450 g/mol. The fraction of sp³-hybridized carbons (Fsp3) is 0.571. The SMILES string of the molecule is CN1CCC23c4c5ccc(O)c4OC2[C@H](O)[C@](CO)(CCCCc2ccccc2)CC3C1C5. The lowest BCUT2D eigenvalue weighted by molar-refractivity contribution is -0.179. The highest BCUT2D eigenvalue weighted by molar-refractivity contribution is 5.61. The van der Waals surface area contributed by atoms with Crippen LogP contribution < -0.4 is 4.74 Å². The first-order chi connectivity index (χ1) is 16.0. The Kier molecular flexibility index (Phi) is 5.02. The first-order valence-electron chi connectivity index (χ1n) is 12.6. The smallest absolute Gasteiger partial charge is 0.165 e. The van der Waals surface area contributed by atoms with Crippen LogP contribution in [0.5, 0.6) is 11.5 Å². The van der Waals surface area contributed by atoms with Crippen LogP contribution in [0.1, 0.15) is 48.8 Å². The molecule has 2 aromatic rings. The number of nitrogens with zero attached hydrogens (tertiary/aromatic N) is 1. The second kappa shape index (κ2) is 7.72. The number of aryl methyl sites for hydroxylation is 1. The molecule has 1 spiro atoms. The van der Waals surface area contributed by atoms with Gasteiger partial charge < -0.3 is 25.0 Å². The number of likely N-dealkylation sites (N-methyl/N-ethyl adjacent to an activating group) is 1. The largest absolute Gasteiger partial charge is 0.504 e. The molecule has 2 fully saturated rings. The van der Waals surface area contributed by atoms with Gasteiger partial charge in [0.1, 0.15) is 6.10 Å². The molecular formula is C28H35NO4. The molecule has 5 heteroatoms. The van der Waals surface area contributed by atoms with E-state index in [0.29, 0.717) is 17.7 Å². The van der Waals surface area contributed by atoms with Gasteiger partial charge in [0.15, 0.2) is 11.5 Å². The quantitative estimate of drug-likeness (QED) is 0.590. The maximum absolute atomic E-state index is 11.8. The number of hydrogen-bond donors (Lipinski definition) is 3. The van der Waals surface area contributed by atoms with E-state index in [1.54, 1.807) is 6.07 Å². The highest BCUT2D eigenvalue weighted by atomic mass is 16.5. The number of rotatable bonds is 6. The molecule has 6 atom stereocenters. The molecule has 2 aliphatic heterocycles. The van der Waals surface area contributed by atoms with Crippen LogP contribution >= 0.6 is 0 Å². The number of likely N-dealkylation sites (tertiary alicyclic amines) is 1. The highest BCUT2D eigenvalue weighted by Crippen LogP contribution is 2.66. The zero-order valence-electron chi connectivity index (χ0n) is 19.4. The van der Waals surface area contributed by atoms with Gasteiger partial charge in [-0.2, -0.15) is 0 Å². The molecule has 2 aromatic carbocycles. The van der Waals surface area contributed by atoms with Gasteiger partial charge in [0.25, 0.3) is 0 Å². The highest BCUT2D eigenvalue weighted by Gasteiger charge is 2.69. The molecule has 2 bridgehead atoms. The van der Waals surface area contributed by atoms with Gasteiger partial charge in [-0.3, -0.25) is 0 Å². The van der Waals surface area contributed by atoms with Gasteiger partial charge in [-0.15, -0.1) is 0 Å². The number of unbranched alkanes of at least 4 members (excludes halogenated alkanes) is 1. The summed E-state index contributed by atoms with van der Waals surface area (Å²) in [6.45, 7) is 0.934. The topological polar surface area (TPSA) is 73.2 Å². The van der Waals surface area contributed by atoms with Crippen LogP contribution in [0.2, 0.25) is 0 Å². The molecule has 0 radical (unpaired) electrons. The van der Waals surface area contributed by atoms with Gasteiger partial charge >= 0.3 is 0 Å². The molecule has 2 heterocycles. The molecule has 4 aliphatic rings. The number of phenols is 1. The van der Waals surface area contributed by atoms with Gasteiger partial charge in [0.05, 0.1) is 12.7 Å². The Labute approximate surface area is 196 Å². The van der Waals surface area contributed by atoms with E-state index < -0.39 is 17.6 Å². The number of benzene rings is 2. The van der Waals surface area contributed by atoms with Crippen LogP contribution in [-0.2, 0) is 18.3 Å². The van der Waals surface area contributed by atoms with E-state index in [0.717, 1.165) is 57.1 Å². The van der Waals surface area contributed by atoms with Crippen molar-refractivity contribution in [1.82, 2.24) is 4.90 Å². The predicted molar refractivity (Wildman–Crippen MR) is 127 cm³/mol. The minimum absolute atomic E-state index is 0.0302. The van der Waals surface area contributed by atoms with Gasteiger partial charge in [-0.25, -0.2) is 0 Å². The van der Waals surface area contributed by atoms with Crippen molar-refractivity contribution in [2.24, 2.45) is 11.3 Å². The lowest BCUT2D eigenvalue weighted by atomic mass is 9.46. The summed E-state index contributed by atoms with van der Waals surface area (Å²) in [5, 5.41) is 33.1. The lowest BCUT2D eigenvalue weighted by Gasteiger charge is -2.62. The molecule has 5 nitrogen and oxygen atoms in total. The third-order valence-corrected chi connectivity index (χ3v) is 9.53. The molecule has 6 rings (SSSR count). The third-order valence-electron chi connectivity index (χ3n) is 9.53. The Bertz CT molecular complexity index is 1040. The summed E-state index contributed by atoms with van der Waals surface area (Å²) in [7, 11) is 2.21. The zero-order chi connectivity index (χ0) is 22.8. The van der Waals surface area contributed by atoms with Crippen molar-refractivity contribution in [3.8, 4) is 11.5 Å². The van der Waals surface area contributed by atoms with Crippen LogP contribution in [-0.4, -0.2) is 58.7 Å². The fourth-order valence-electron chi connectivity index (χ4n) is 7.82. The fourth-order valence-corrected chi connectivity index (χ4v) is 7.82. The normalized spacial score (nSPS) is 36.3. The van der Waals surface area contributed by atoms with E-state index in [1.165, 1.54) is 11.1 Å². The third kappa shape index (κ3) is 2.95. The van der Waals surface area contributed by atoms with Crippen LogP contribution in [0.25, 0.3) is 0 Å². The maximum atomic E-state index is 11.8. The second-order valence-electron chi connectivity index (χ2n) is 11.0. The summed E-state index contributed by atoms with van der Waals surface area (Å²) in [5.74, 6) is 1.07. The summed E-state index contributed by atoms with van der Waals surface area (Å²) in [5.41, 5.74) is 2.91. The first-order valence-corrected chi connectivity index (χ1v) is 12.6. The Morgan fingerprint density at radius 2 is 1.94 bits per heavy atom. The number of aliphatic hydroxyl groups excluding tert-OH is 2. The van der Waals surface area contributed by atoms with E-state index in [1.807, 2.05) is 12.1 Å². The van der Waals surface area contributed by atoms with Crippen LogP contribution in [0, 0.1) is 11.3 Å². The van der Waals surface area contributed by atoms with Crippen molar-refractivity contribution in [1.29, 1.82) is 0 Å². The minimum Gasteiger partial charge on any atom is -0.504 e. The summed E-state index contributed by atoms with van der Waals surface area (Å²) >= 11 is 0. The van der Waals surface area contributed by atoms with Gasteiger partial charge in [0, 0.05) is 22.4 Å². The van der Waals surface area contributed by atoms with E-state index in [-0.39, 0.29) is 17.8 Å². The van der Waals surface area contributed by atoms with E-state index >= 15 is 0 Å². The number of phenolic OH excluding ortho intramolecular Hbond substituents is 1. The summed E-state index contributed by atoms with van der Waals surface area (Å²) < 4.78 is 6.46. The van der Waals surface area contributed by atoms with Crippen molar-refractivity contribution in [3.63, 3.8) is 0 Å². The minimum atomic E-state index is -0.753. The Hall–Kier alpha value is -2.08. The molecule has 1 saturated carbocycles. The molecule has 1 saturated heterocycles. The molecule has 3 N–H and O–H groups in total. The van der Waals surface area contributed by atoms with Crippen molar-refractivity contribution in [2.45, 2.75) is 68.6 Å². The molecule has 0 amide bonds. The Morgan fingerprint density at radius 1 is 1.12 bits per heavy atom. The van der Waals surface area contributed by atoms with Crippen molar-refractivity contribution >= 4 is 0 Å². The molecular weight excluding hydrogens is 414 g/mol. The lowest BCUT2D eigenvalue weighted by Crippen LogP contribution is -2.70. The monoisotopic (exact) mass is 449 g/mol. The molecule has 2 aliphatic carbocycles. The predicted octanol–water partition coefficient (Wildman–Crippen LogP) is 3.42. The first kappa shape index (κ1) is 21.5. The Morgan fingerprint density at radius 3 is 2.73 bits per heavy atom. The van der Waals surface area contributed by atoms with Crippen molar-refractivity contribution in [3.05, 3.63) is 59.2 Å². The van der Waals surface area contributed by atoms with Gasteiger partial charge in [0.2, 0.25) is 0 Å². The van der Waals surface area contributed by atoms with E-state index in [2.05, 4.69) is 36.2 Å². The summed E-state index contributed by atoms with van der Waals surface area (Å²) in [6.07, 6.45) is 5.30. The summed E-state index contributed by atoms with van der Waals surface area (Å²) in [6, 6.07) is 14.7. The standard InChI is InChI=1S/C28H35NO4/c1-29-14-13-28-20-16-27(17-30,12-6-5-9-18-7-3-2-4-8-18)25(32)26(28)33-24-22(31)11-10-19(23(24)28)15-21(20)29/h2-4,7-8,10-11,20-21,25-26,30-32H,5-6,9,12-17H2,1H3/t20?,21?,25-,26?,27+,28?/m0/s1. The average Bonchev–Trinajstić information content (AvgIpc) is 3.19. The van der Waals surface area contributed by atoms with E-state index in [9.17, 15) is 15.3 Å². The van der Waals surface area contributed by atoms with Crippen LogP contribution in [0.15, 0.2) is 42.5 Å². The number of hydrogen-bond acceptors (Lipinski definition) is 5. The van der Waals surface area contributed by atoms with Gasteiger partial charge in [-0.1, -0.05) is 42.8 Å². The molecule has 0 aromatic heterocycles. The molecule has 33 heavy (non-hydrogen) atoms.